The Morgan fingerprint density at radius 3 is 0.667 bits per heavy atom. The molecule has 0 N–H and O–H groups in total. The minimum absolute atomic E-state index is 0.174. The molecule has 0 aliphatic rings. The van der Waals surface area contributed by atoms with Crippen LogP contribution in [0.5, 0.6) is 0 Å². The van der Waals surface area contributed by atoms with Gasteiger partial charge < -0.3 is 9.13 Å². The molecule has 0 aliphatic carbocycles. The predicted octanol–water partition coefficient (Wildman–Crippen LogP) is 23.0. The average Bonchev–Trinajstić information content (AvgIpc) is 1.99. The molecule has 0 saturated heterocycles. The van der Waals surface area contributed by atoms with Crippen LogP contribution >= 0.6 is 0 Å². The number of Topliss-reactive ketones (excluding diaryl/α,β-unsaturated/α-hetero) is 4. The van der Waals surface area contributed by atoms with Crippen molar-refractivity contribution in [1.82, 2.24) is 9.13 Å². The molecule has 0 unspecified atom stereocenters. The molecule has 0 aliphatic heterocycles. The van der Waals surface area contributed by atoms with E-state index in [0.717, 1.165) is 117 Å². The molecule has 6 aromatic rings. The number of carbonyl (C=O) groups is 4. The fraction of sp³-hybridized carbons (Fsp3) is 0.590. The highest BCUT2D eigenvalue weighted by atomic mass is 16.1. The number of nitrogens with zero attached hydrogens (tertiary/aromatic N) is 2. The van der Waals surface area contributed by atoms with Gasteiger partial charge in [0.05, 0.1) is 35.2 Å². The van der Waals surface area contributed by atoms with Crippen LogP contribution in [0.25, 0.3) is 43.6 Å². The molecule has 84 heavy (non-hydrogen) atoms. The molecule has 6 nitrogen and oxygen atoms in total. The summed E-state index contributed by atoms with van der Waals surface area (Å²) in [6.07, 6.45) is 45.9. The average molecular weight is 1140 g/mol. The van der Waals surface area contributed by atoms with Crippen LogP contribution in [-0.2, 0) is 13.1 Å². The summed E-state index contributed by atoms with van der Waals surface area (Å²) in [5.74, 6) is 13.7. The van der Waals surface area contributed by atoms with Crippen LogP contribution in [0.1, 0.15) is 326 Å². The number of hydrogen-bond donors (Lipinski definition) is 0. The summed E-state index contributed by atoms with van der Waals surface area (Å²) < 4.78 is 4.39. The molecular weight excluding hydrogens is 1030 g/mol. The summed E-state index contributed by atoms with van der Waals surface area (Å²) in [5.41, 5.74) is 6.84. The van der Waals surface area contributed by atoms with Crippen LogP contribution < -0.4 is 0 Å². The van der Waals surface area contributed by atoms with Crippen LogP contribution in [0, 0.1) is 23.7 Å². The minimum Gasteiger partial charge on any atom is -0.329 e. The van der Waals surface area contributed by atoms with E-state index in [-0.39, 0.29) is 23.1 Å². The molecule has 0 bridgehead atoms. The topological polar surface area (TPSA) is 78.1 Å². The lowest BCUT2D eigenvalue weighted by molar-refractivity contribution is 0.0971. The number of hydrogen-bond acceptors (Lipinski definition) is 4. The summed E-state index contributed by atoms with van der Waals surface area (Å²) in [6, 6.07) is 24.3. The largest absolute Gasteiger partial charge is 0.329 e. The summed E-state index contributed by atoms with van der Waals surface area (Å²) in [4.78, 5) is 54.8. The van der Waals surface area contributed by atoms with Crippen LogP contribution in [0.15, 0.2) is 72.8 Å². The number of benzene rings is 4. The summed E-state index contributed by atoms with van der Waals surface area (Å²) in [6.45, 7) is 9.82. The quantitative estimate of drug-likeness (QED) is 0.0217. The molecular formula is C78H108N2O4. The molecule has 0 atom stereocenters. The summed E-state index contributed by atoms with van der Waals surface area (Å²) >= 11 is 0. The Morgan fingerprint density at radius 1 is 0.274 bits per heavy atom. The highest BCUT2D eigenvalue weighted by molar-refractivity contribution is 6.14. The second-order valence-corrected chi connectivity index (χ2v) is 24.7. The fourth-order valence-corrected chi connectivity index (χ4v) is 12.5. The molecule has 2 aromatic heterocycles. The van der Waals surface area contributed by atoms with E-state index in [4.69, 9.17) is 0 Å². The molecule has 6 rings (SSSR count). The van der Waals surface area contributed by atoms with Gasteiger partial charge in [-0.3, -0.25) is 19.2 Å². The number of carbonyl (C=O) groups excluding carboxylic acids is 4. The number of ketones is 4. The highest BCUT2D eigenvalue weighted by Gasteiger charge is 2.18. The second-order valence-electron chi connectivity index (χ2n) is 24.7. The van der Waals surface area contributed by atoms with E-state index in [0.29, 0.717) is 38.8 Å². The van der Waals surface area contributed by atoms with Crippen molar-refractivity contribution in [3.63, 3.8) is 0 Å². The van der Waals surface area contributed by atoms with Gasteiger partial charge in [0.25, 0.3) is 0 Å². The molecule has 454 valence electrons. The minimum atomic E-state index is 0.174. The first-order valence-electron chi connectivity index (χ1n) is 34.5. The molecule has 0 saturated carbocycles. The first-order valence-corrected chi connectivity index (χ1v) is 34.5. The van der Waals surface area contributed by atoms with Crippen molar-refractivity contribution in [1.29, 1.82) is 0 Å². The lowest BCUT2D eigenvalue weighted by Gasteiger charge is -2.05. The molecule has 0 amide bonds. The third kappa shape index (κ3) is 22.3. The summed E-state index contributed by atoms with van der Waals surface area (Å²) in [5, 5.41) is 3.89. The van der Waals surface area contributed by atoms with E-state index >= 15 is 0 Å². The SMILES string of the molecule is CCCCCCCCCCCC(=O)c1ccc2c(c1)c1cc(C(=O)CCCCCCCCCCC)ccc1n2CC#CC#CCn1c2ccc(C(=O)CCCCCCCCCCC)cc2c2cc(C(=O)CCCCCCCCCCC)ccc21. The van der Waals surface area contributed by atoms with Gasteiger partial charge in [-0.1, -0.05) is 245 Å². The predicted molar refractivity (Wildman–Crippen MR) is 359 cm³/mol. The van der Waals surface area contributed by atoms with E-state index in [2.05, 4.69) is 84.8 Å². The monoisotopic (exact) mass is 1140 g/mol. The normalized spacial score (nSPS) is 11.4. The molecule has 2 heterocycles. The molecule has 0 fully saturated rings. The fourth-order valence-electron chi connectivity index (χ4n) is 12.5. The second kappa shape index (κ2) is 39.8. The first kappa shape index (κ1) is 67.4. The Kier molecular flexibility index (Phi) is 31.9. The molecule has 0 radical (unpaired) electrons. The number of unbranched alkanes of at least 4 members (excludes halogenated alkanes) is 32. The van der Waals surface area contributed by atoms with Gasteiger partial charge in [-0.2, -0.15) is 0 Å². The van der Waals surface area contributed by atoms with Gasteiger partial charge in [-0.25, -0.2) is 0 Å². The number of rotatable bonds is 46. The van der Waals surface area contributed by atoms with Crippen molar-refractivity contribution in [2.24, 2.45) is 0 Å². The maximum Gasteiger partial charge on any atom is 0.162 e. The van der Waals surface area contributed by atoms with Gasteiger partial charge in [0.1, 0.15) is 0 Å². The van der Waals surface area contributed by atoms with E-state index in [1.54, 1.807) is 0 Å². The zero-order chi connectivity index (χ0) is 59.4. The van der Waals surface area contributed by atoms with Gasteiger partial charge in [0.15, 0.2) is 23.1 Å². The van der Waals surface area contributed by atoms with Crippen molar-refractivity contribution >= 4 is 66.7 Å². The van der Waals surface area contributed by atoms with Crippen molar-refractivity contribution in [3.05, 3.63) is 95.1 Å². The Morgan fingerprint density at radius 2 is 0.464 bits per heavy atom. The van der Waals surface area contributed by atoms with E-state index < -0.39 is 0 Å². The third-order valence-corrected chi connectivity index (χ3v) is 17.8. The van der Waals surface area contributed by atoms with Crippen molar-refractivity contribution in [2.75, 3.05) is 0 Å². The van der Waals surface area contributed by atoms with Gasteiger partial charge in [0.2, 0.25) is 0 Å². The van der Waals surface area contributed by atoms with Gasteiger partial charge in [-0.15, -0.1) is 0 Å². The maximum absolute atomic E-state index is 13.7. The van der Waals surface area contributed by atoms with Crippen LogP contribution in [0.4, 0.5) is 0 Å². The first-order chi connectivity index (χ1) is 41.3. The van der Waals surface area contributed by atoms with Gasteiger partial charge in [0, 0.05) is 69.5 Å². The van der Waals surface area contributed by atoms with E-state index in [1.165, 1.54) is 180 Å². The van der Waals surface area contributed by atoms with E-state index in [9.17, 15) is 19.2 Å². The lowest BCUT2D eigenvalue weighted by atomic mass is 9.99. The summed E-state index contributed by atoms with van der Waals surface area (Å²) in [7, 11) is 0. The molecule has 4 aromatic carbocycles. The zero-order valence-electron chi connectivity index (χ0n) is 53.2. The number of fused-ring (bicyclic) bond motifs is 6. The van der Waals surface area contributed by atoms with E-state index in [1.807, 2.05) is 48.5 Å². The van der Waals surface area contributed by atoms with Crippen LogP contribution in [-0.4, -0.2) is 32.3 Å². The smallest absolute Gasteiger partial charge is 0.162 e. The number of aromatic nitrogens is 2. The maximum atomic E-state index is 13.7. The van der Waals surface area contributed by atoms with Crippen molar-refractivity contribution < 1.29 is 19.2 Å². The lowest BCUT2D eigenvalue weighted by Crippen LogP contribution is -2.00. The molecule has 6 heteroatoms. The molecule has 0 spiro atoms. The van der Waals surface area contributed by atoms with Crippen LogP contribution in [0.3, 0.4) is 0 Å². The highest BCUT2D eigenvalue weighted by Crippen LogP contribution is 2.34. The van der Waals surface area contributed by atoms with Gasteiger partial charge in [-0.05, 0) is 110 Å². The Bertz CT molecular complexity index is 2700. The van der Waals surface area contributed by atoms with Crippen LogP contribution in [0.2, 0.25) is 0 Å². The Labute approximate surface area is 508 Å². The van der Waals surface area contributed by atoms with Crippen molar-refractivity contribution in [3.8, 4) is 23.7 Å². The standard InChI is InChI=1S/C78H108N2O4/c1-5-9-13-17-21-25-29-33-39-45-75(81)63-49-53-71-67(59-63)68-60-64(76(82)46-40-34-30-26-22-18-14-10-6-2)50-54-72(68)79(71)57-43-37-38-44-58-80-73-55-51-65(77(83)47-41-35-31-27-23-19-15-11-7-3)61-69(73)70-62-66(52-56-74(70)80)78(84)48-42-36-32-28-24-20-16-12-8-4/h49-56,59-62H,5-36,39-42,45-48,57-58H2,1-4H3. The Balaban J connectivity index is 1.18. The third-order valence-electron chi connectivity index (χ3n) is 17.8. The van der Waals surface area contributed by atoms with Crippen molar-refractivity contribution in [2.45, 2.75) is 298 Å². The Hall–Kier alpha value is -5.72. The van der Waals surface area contributed by atoms with Gasteiger partial charge >= 0.3 is 0 Å². The zero-order valence-corrected chi connectivity index (χ0v) is 53.2.